The molecule has 2 aromatic rings. The van der Waals surface area contributed by atoms with E-state index in [1.165, 1.54) is 6.08 Å². The Kier molecular flexibility index (Phi) is 1.91. The maximum absolute atomic E-state index is 11.9. The molecule has 3 rings (SSSR count). The number of hydrogen-bond donors (Lipinski definition) is 1. The highest BCUT2D eigenvalue weighted by Gasteiger charge is 2.24. The van der Waals surface area contributed by atoms with Crippen LogP contribution in [0.1, 0.15) is 27.7 Å². The smallest absolute Gasteiger partial charge is 0.191 e. The molecule has 0 bridgehead atoms. The quantitative estimate of drug-likeness (QED) is 0.813. The average Bonchev–Trinajstić information content (AvgIpc) is 2.65. The van der Waals surface area contributed by atoms with Crippen molar-refractivity contribution < 1.29 is 9.90 Å². The van der Waals surface area contributed by atoms with Gasteiger partial charge in [-0.3, -0.25) is 4.79 Å². The van der Waals surface area contributed by atoms with Gasteiger partial charge in [-0.25, -0.2) is 0 Å². The molecule has 0 amide bonds. The van der Waals surface area contributed by atoms with Gasteiger partial charge >= 0.3 is 0 Å². The second-order valence-electron chi connectivity index (χ2n) is 3.83. The monoisotopic (exact) mass is 230 g/mol. The van der Waals surface area contributed by atoms with Gasteiger partial charge in [-0.1, -0.05) is 19.1 Å². The lowest BCUT2D eigenvalue weighted by molar-refractivity contribution is 0.104. The minimum atomic E-state index is -0.0701. The van der Waals surface area contributed by atoms with Gasteiger partial charge in [0.15, 0.2) is 5.78 Å². The molecule has 80 valence electrons. The van der Waals surface area contributed by atoms with E-state index in [0.29, 0.717) is 0 Å². The van der Waals surface area contributed by atoms with E-state index in [0.717, 1.165) is 32.5 Å². The zero-order valence-electron chi connectivity index (χ0n) is 8.78. The molecule has 1 N–H and O–H groups in total. The van der Waals surface area contributed by atoms with Crippen LogP contribution < -0.4 is 0 Å². The molecule has 3 heteroatoms. The Morgan fingerprint density at radius 2 is 2.19 bits per heavy atom. The first-order valence-corrected chi connectivity index (χ1v) is 6.03. The highest BCUT2D eigenvalue weighted by molar-refractivity contribution is 7.19. The Hall–Kier alpha value is -1.61. The van der Waals surface area contributed by atoms with Crippen molar-refractivity contribution in [3.05, 3.63) is 40.3 Å². The number of rotatable bonds is 1. The number of hydrogen-bond acceptors (Lipinski definition) is 3. The maximum atomic E-state index is 11.9. The van der Waals surface area contributed by atoms with Crippen molar-refractivity contribution in [2.45, 2.75) is 13.3 Å². The van der Waals surface area contributed by atoms with Crippen molar-refractivity contribution in [3.63, 3.8) is 0 Å². The average molecular weight is 230 g/mol. The van der Waals surface area contributed by atoms with Gasteiger partial charge in [0.25, 0.3) is 0 Å². The summed E-state index contributed by atoms with van der Waals surface area (Å²) in [5.74, 6) is 0.0165. The van der Waals surface area contributed by atoms with Gasteiger partial charge in [0.05, 0.1) is 0 Å². The minimum Gasteiger partial charge on any atom is -0.507 e. The summed E-state index contributed by atoms with van der Waals surface area (Å²) in [6, 6.07) is 5.77. The van der Waals surface area contributed by atoms with Crippen molar-refractivity contribution in [2.75, 3.05) is 0 Å². The summed E-state index contributed by atoms with van der Waals surface area (Å²) in [5.41, 5.74) is 1.57. The number of benzene rings is 1. The molecule has 1 aliphatic carbocycles. The molecule has 0 unspecified atom stereocenters. The van der Waals surface area contributed by atoms with Crippen molar-refractivity contribution >= 4 is 33.0 Å². The van der Waals surface area contributed by atoms with Crippen LogP contribution in [0.4, 0.5) is 0 Å². The van der Waals surface area contributed by atoms with E-state index in [1.807, 2.05) is 25.1 Å². The van der Waals surface area contributed by atoms with Crippen molar-refractivity contribution in [3.8, 4) is 0 Å². The molecule has 16 heavy (non-hydrogen) atoms. The number of ketones is 1. The Labute approximate surface area is 96.8 Å². The largest absolute Gasteiger partial charge is 0.507 e. The lowest BCUT2D eigenvalue weighted by Gasteiger charge is -2.10. The summed E-state index contributed by atoms with van der Waals surface area (Å²) in [5, 5.41) is 10.7. The highest BCUT2D eigenvalue weighted by atomic mass is 32.1. The van der Waals surface area contributed by atoms with Crippen LogP contribution in [0.15, 0.2) is 24.3 Å². The van der Waals surface area contributed by atoms with Crippen LogP contribution in [-0.4, -0.2) is 10.9 Å². The zero-order valence-corrected chi connectivity index (χ0v) is 9.60. The molecular weight excluding hydrogens is 220 g/mol. The Morgan fingerprint density at radius 1 is 1.38 bits per heavy atom. The van der Waals surface area contributed by atoms with Crippen LogP contribution >= 0.6 is 11.3 Å². The summed E-state index contributed by atoms with van der Waals surface area (Å²) in [6.45, 7) is 2.05. The summed E-state index contributed by atoms with van der Waals surface area (Å²) < 4.78 is 1.08. The van der Waals surface area contributed by atoms with Crippen LogP contribution in [-0.2, 0) is 6.42 Å². The number of carbonyl (C=O) groups is 1. The van der Waals surface area contributed by atoms with Crippen LogP contribution in [0.5, 0.6) is 0 Å². The molecule has 0 saturated heterocycles. The molecule has 1 aromatic carbocycles. The highest BCUT2D eigenvalue weighted by Crippen LogP contribution is 2.39. The molecule has 0 spiro atoms. The Balaban J connectivity index is 2.51. The van der Waals surface area contributed by atoms with Gasteiger partial charge in [0, 0.05) is 32.2 Å². The van der Waals surface area contributed by atoms with Crippen LogP contribution in [0.2, 0.25) is 0 Å². The third-order valence-corrected chi connectivity index (χ3v) is 4.20. The van der Waals surface area contributed by atoms with E-state index in [2.05, 4.69) is 0 Å². The van der Waals surface area contributed by atoms with Gasteiger partial charge in [0.1, 0.15) is 5.76 Å². The molecule has 1 aromatic heterocycles. The van der Waals surface area contributed by atoms with E-state index >= 15 is 0 Å². The third-order valence-electron chi connectivity index (χ3n) is 2.90. The number of aryl methyl sites for hydroxylation is 1. The fourth-order valence-corrected chi connectivity index (χ4v) is 3.37. The third kappa shape index (κ3) is 1.09. The van der Waals surface area contributed by atoms with Crippen LogP contribution in [0.3, 0.4) is 0 Å². The summed E-state index contributed by atoms with van der Waals surface area (Å²) >= 11 is 1.64. The predicted molar refractivity (Wildman–Crippen MR) is 66.1 cm³/mol. The topological polar surface area (TPSA) is 37.3 Å². The first-order chi connectivity index (χ1) is 7.72. The Morgan fingerprint density at radius 3 is 2.94 bits per heavy atom. The number of thiophene rings is 1. The van der Waals surface area contributed by atoms with Gasteiger partial charge in [-0.15, -0.1) is 11.3 Å². The molecule has 0 saturated carbocycles. The van der Waals surface area contributed by atoms with E-state index in [-0.39, 0.29) is 11.5 Å². The number of carbonyl (C=O) groups excluding carboxylic acids is 1. The van der Waals surface area contributed by atoms with Gasteiger partial charge in [-0.05, 0) is 12.5 Å². The van der Waals surface area contributed by atoms with Gasteiger partial charge < -0.3 is 5.11 Å². The molecule has 0 aliphatic heterocycles. The summed E-state index contributed by atoms with van der Waals surface area (Å²) in [6.07, 6.45) is 2.18. The fraction of sp³-hybridized carbons (Fsp3) is 0.154. The van der Waals surface area contributed by atoms with E-state index in [4.69, 9.17) is 0 Å². The first kappa shape index (κ1) is 9.60. The maximum Gasteiger partial charge on any atom is 0.191 e. The predicted octanol–water partition coefficient (Wildman–Crippen LogP) is 3.56. The van der Waals surface area contributed by atoms with Crippen LogP contribution in [0, 0.1) is 0 Å². The summed E-state index contributed by atoms with van der Waals surface area (Å²) in [7, 11) is 0. The van der Waals surface area contributed by atoms with E-state index in [9.17, 15) is 9.90 Å². The van der Waals surface area contributed by atoms with E-state index in [1.54, 1.807) is 11.3 Å². The molecule has 0 radical (unpaired) electrons. The molecular formula is C13H10O2S. The molecule has 1 aliphatic rings. The second kappa shape index (κ2) is 3.19. The lowest BCUT2D eigenvalue weighted by atomic mass is 9.94. The standard InChI is InChI=1S/C13H10O2S/c1-2-10-13-9(15)6-8(14)7-4-3-5-11(16-10)12(7)13/h3-6,14H,2H2,1H3. The molecule has 2 nitrogen and oxygen atoms in total. The second-order valence-corrected chi connectivity index (χ2v) is 4.96. The normalized spacial score (nSPS) is 14.3. The minimum absolute atomic E-state index is 0.0701. The SMILES string of the molecule is CCc1sc2cccc3c2c1C(=O)C=C3O. The summed E-state index contributed by atoms with van der Waals surface area (Å²) in [4.78, 5) is 13.0. The van der Waals surface area contributed by atoms with Gasteiger partial charge in [0.2, 0.25) is 0 Å². The van der Waals surface area contributed by atoms with Crippen molar-refractivity contribution in [1.29, 1.82) is 0 Å². The van der Waals surface area contributed by atoms with Crippen molar-refractivity contribution in [1.82, 2.24) is 0 Å². The number of aliphatic hydroxyl groups is 1. The fourth-order valence-electron chi connectivity index (χ4n) is 2.19. The number of allylic oxidation sites excluding steroid dienone is 1. The number of aliphatic hydroxyl groups excluding tert-OH is 1. The lowest BCUT2D eigenvalue weighted by Crippen LogP contribution is -2.04. The van der Waals surface area contributed by atoms with Crippen LogP contribution in [0.25, 0.3) is 15.8 Å². The molecule has 0 fully saturated rings. The Bertz CT molecular complexity index is 635. The molecule has 1 heterocycles. The zero-order chi connectivity index (χ0) is 11.3. The van der Waals surface area contributed by atoms with E-state index < -0.39 is 0 Å². The van der Waals surface area contributed by atoms with Gasteiger partial charge in [-0.2, -0.15) is 0 Å². The first-order valence-electron chi connectivity index (χ1n) is 5.22. The van der Waals surface area contributed by atoms with Crippen molar-refractivity contribution in [2.24, 2.45) is 0 Å². The molecule has 0 atom stereocenters.